The first-order valence-electron chi connectivity index (χ1n) is 5.90. The van der Waals surface area contributed by atoms with E-state index in [1.807, 2.05) is 0 Å². The molecule has 8 nitrogen and oxygen atoms in total. The van der Waals surface area contributed by atoms with Gasteiger partial charge in [-0.05, 0) is 12.1 Å². The van der Waals surface area contributed by atoms with Crippen molar-refractivity contribution in [2.45, 2.75) is 16.0 Å². The molecule has 0 fully saturated rings. The summed E-state index contributed by atoms with van der Waals surface area (Å²) in [5, 5.41) is 11.0. The summed E-state index contributed by atoms with van der Waals surface area (Å²) in [5.41, 5.74) is -0.833. The van der Waals surface area contributed by atoms with Gasteiger partial charge in [-0.3, -0.25) is 19.1 Å². The second-order valence-electron chi connectivity index (χ2n) is 4.42. The first-order chi connectivity index (χ1) is 10.8. The van der Waals surface area contributed by atoms with Gasteiger partial charge in [0.25, 0.3) is 5.69 Å². The predicted molar refractivity (Wildman–Crippen MR) is 74.5 cm³/mol. The molecule has 1 atom stereocenters. The maximum absolute atomic E-state index is 11.9. The van der Waals surface area contributed by atoms with Gasteiger partial charge in [0.05, 0.1) is 20.6 Å². The summed E-state index contributed by atoms with van der Waals surface area (Å²) in [5.74, 6) is -2.51. The molecule has 0 N–H and O–H groups in total. The molecule has 1 rings (SSSR count). The van der Waals surface area contributed by atoms with Crippen LogP contribution in [0.15, 0.2) is 28.0 Å². The van der Waals surface area contributed by atoms with Gasteiger partial charge in [0, 0.05) is 12.3 Å². The first kappa shape index (κ1) is 20.0. The summed E-state index contributed by atoms with van der Waals surface area (Å²) >= 11 is 0. The minimum absolute atomic E-state index is 0.408. The Morgan fingerprint density at radius 2 is 1.96 bits per heavy atom. The highest BCUT2D eigenvalue weighted by Gasteiger charge is 2.30. The van der Waals surface area contributed by atoms with Crippen LogP contribution in [0.3, 0.4) is 0 Å². The van der Waals surface area contributed by atoms with E-state index in [9.17, 15) is 40.7 Å². The lowest BCUT2D eigenvalue weighted by Crippen LogP contribution is -2.23. The number of alkyl halides is 3. The van der Waals surface area contributed by atoms with Crippen molar-refractivity contribution < 1.29 is 40.3 Å². The number of ether oxygens (including phenoxy) is 1. The molecule has 1 unspecified atom stereocenters. The Bertz CT molecular complexity index is 789. The van der Waals surface area contributed by atoms with E-state index in [2.05, 4.69) is 4.74 Å². The maximum Gasteiger partial charge on any atom is 0.422 e. The summed E-state index contributed by atoms with van der Waals surface area (Å²) in [4.78, 5) is 20.2. The van der Waals surface area contributed by atoms with Crippen LogP contribution in [0.2, 0.25) is 0 Å². The van der Waals surface area contributed by atoms with Crippen LogP contribution in [0.5, 0.6) is 0 Å². The molecule has 0 aliphatic heterocycles. The van der Waals surface area contributed by atoms with Crippen molar-refractivity contribution in [3.8, 4) is 0 Å². The fraction of sp³-hybridized carbons (Fsp3) is 0.364. The number of esters is 1. The molecule has 0 aliphatic carbocycles. The number of nitrogens with zero attached hydrogens (tertiary/aromatic N) is 1. The second-order valence-corrected chi connectivity index (χ2v) is 7.86. The monoisotopic (exact) mass is 389 g/mol. The van der Waals surface area contributed by atoms with Gasteiger partial charge >= 0.3 is 12.1 Å². The molecule has 0 amide bonds. The third-order valence-corrected chi connectivity index (χ3v) is 4.89. The summed E-state index contributed by atoms with van der Waals surface area (Å²) in [6.07, 6.45) is -3.96. The van der Waals surface area contributed by atoms with Gasteiger partial charge < -0.3 is 4.74 Å². The SMILES string of the molecule is CS(=O)(=O)c1ccc(S(=O)CC(=O)OCC(F)(F)F)c([N+](=O)[O-])c1. The van der Waals surface area contributed by atoms with Crippen LogP contribution < -0.4 is 0 Å². The molecule has 0 heterocycles. The Morgan fingerprint density at radius 3 is 2.42 bits per heavy atom. The van der Waals surface area contributed by atoms with E-state index in [0.717, 1.165) is 18.4 Å². The normalized spacial score (nSPS) is 13.3. The van der Waals surface area contributed by atoms with Crippen LogP contribution in [0.25, 0.3) is 0 Å². The highest BCUT2D eigenvalue weighted by molar-refractivity contribution is 7.90. The Labute approximate surface area is 136 Å². The number of halogens is 3. The molecule has 0 bridgehead atoms. The van der Waals surface area contributed by atoms with Crippen LogP contribution >= 0.6 is 0 Å². The molecule has 134 valence electrons. The maximum atomic E-state index is 11.9. The van der Waals surface area contributed by atoms with E-state index < -0.39 is 65.5 Å². The zero-order valence-electron chi connectivity index (χ0n) is 11.9. The van der Waals surface area contributed by atoms with Crippen LogP contribution in [-0.2, 0) is 30.2 Å². The molecular formula is C11H10F3NO7S2. The molecule has 1 aromatic carbocycles. The number of sulfone groups is 1. The molecule has 0 spiro atoms. The van der Waals surface area contributed by atoms with Gasteiger partial charge in [0.2, 0.25) is 0 Å². The molecule has 0 aliphatic rings. The Balaban J connectivity index is 3.02. The second kappa shape index (κ2) is 7.25. The summed E-state index contributed by atoms with van der Waals surface area (Å²) in [6, 6.07) is 2.46. The molecule has 13 heteroatoms. The van der Waals surface area contributed by atoms with E-state index in [1.54, 1.807) is 0 Å². The van der Waals surface area contributed by atoms with Crippen molar-refractivity contribution in [3.05, 3.63) is 28.3 Å². The van der Waals surface area contributed by atoms with Crippen LogP contribution in [-0.4, -0.2) is 48.3 Å². The number of hydrogen-bond donors (Lipinski definition) is 0. The number of benzene rings is 1. The number of nitro benzene ring substituents is 1. The van der Waals surface area contributed by atoms with Crippen LogP contribution in [0.4, 0.5) is 18.9 Å². The van der Waals surface area contributed by atoms with E-state index >= 15 is 0 Å². The van der Waals surface area contributed by atoms with Gasteiger partial charge in [-0.1, -0.05) is 0 Å². The number of carbonyl (C=O) groups excluding carboxylic acids is 1. The zero-order chi connectivity index (χ0) is 18.7. The standard InChI is InChI=1S/C11H10F3NO7S2/c1-24(20,21)7-2-3-9(8(4-7)15(17)18)23(19)5-10(16)22-6-11(12,13)14/h2-4H,5-6H2,1H3. The lowest BCUT2D eigenvalue weighted by atomic mass is 10.3. The van der Waals surface area contributed by atoms with Crippen molar-refractivity contribution in [2.24, 2.45) is 0 Å². The van der Waals surface area contributed by atoms with E-state index in [-0.39, 0.29) is 0 Å². The average Bonchev–Trinajstić information content (AvgIpc) is 2.42. The number of carbonyl (C=O) groups is 1. The number of nitro groups is 1. The van der Waals surface area contributed by atoms with Gasteiger partial charge in [0.1, 0.15) is 10.6 Å². The Morgan fingerprint density at radius 1 is 1.38 bits per heavy atom. The van der Waals surface area contributed by atoms with Crippen molar-refractivity contribution in [1.82, 2.24) is 0 Å². The minimum Gasteiger partial charge on any atom is -0.455 e. The number of rotatable bonds is 6. The average molecular weight is 389 g/mol. The van der Waals surface area contributed by atoms with Gasteiger partial charge in [-0.25, -0.2) is 8.42 Å². The van der Waals surface area contributed by atoms with Crippen LogP contribution in [0, 0.1) is 10.1 Å². The number of hydrogen-bond acceptors (Lipinski definition) is 7. The predicted octanol–water partition coefficient (Wildman–Crippen LogP) is 1.21. The topological polar surface area (TPSA) is 121 Å². The van der Waals surface area contributed by atoms with Gasteiger partial charge in [-0.15, -0.1) is 0 Å². The van der Waals surface area contributed by atoms with Crippen LogP contribution in [0.1, 0.15) is 0 Å². The highest BCUT2D eigenvalue weighted by atomic mass is 32.2. The summed E-state index contributed by atoms with van der Waals surface area (Å²) in [7, 11) is -6.16. The Hall–Kier alpha value is -2.02. The lowest BCUT2D eigenvalue weighted by Gasteiger charge is -2.08. The van der Waals surface area contributed by atoms with Crippen molar-refractivity contribution >= 4 is 32.3 Å². The highest BCUT2D eigenvalue weighted by Crippen LogP contribution is 2.26. The summed E-state index contributed by atoms with van der Waals surface area (Å²) in [6.45, 7) is -1.88. The molecule has 0 saturated carbocycles. The van der Waals surface area contributed by atoms with Crippen molar-refractivity contribution in [2.75, 3.05) is 18.6 Å². The molecular weight excluding hydrogens is 379 g/mol. The zero-order valence-corrected chi connectivity index (χ0v) is 13.5. The minimum atomic E-state index is -4.76. The van der Waals surface area contributed by atoms with Gasteiger partial charge in [0.15, 0.2) is 16.4 Å². The fourth-order valence-corrected chi connectivity index (χ4v) is 3.13. The van der Waals surface area contributed by atoms with Crippen molar-refractivity contribution in [1.29, 1.82) is 0 Å². The molecule has 1 aromatic rings. The van der Waals surface area contributed by atoms with E-state index in [1.165, 1.54) is 0 Å². The Kier molecular flexibility index (Phi) is 6.05. The summed E-state index contributed by atoms with van der Waals surface area (Å²) < 4.78 is 74.2. The molecule has 24 heavy (non-hydrogen) atoms. The quantitative estimate of drug-likeness (QED) is 0.407. The lowest BCUT2D eigenvalue weighted by molar-refractivity contribution is -0.388. The largest absolute Gasteiger partial charge is 0.455 e. The van der Waals surface area contributed by atoms with Crippen molar-refractivity contribution in [3.63, 3.8) is 0 Å². The fourth-order valence-electron chi connectivity index (χ4n) is 1.45. The smallest absolute Gasteiger partial charge is 0.422 e. The van der Waals surface area contributed by atoms with E-state index in [0.29, 0.717) is 6.07 Å². The first-order valence-corrected chi connectivity index (χ1v) is 9.11. The molecule has 0 aromatic heterocycles. The molecule has 0 radical (unpaired) electrons. The van der Waals surface area contributed by atoms with Gasteiger partial charge in [-0.2, -0.15) is 13.2 Å². The third kappa shape index (κ3) is 5.88. The molecule has 0 saturated heterocycles. The van der Waals surface area contributed by atoms with E-state index in [4.69, 9.17) is 0 Å². The third-order valence-electron chi connectivity index (χ3n) is 2.45.